The molecule has 0 aliphatic carbocycles. The normalized spacial score (nSPS) is 12.4. The molecule has 0 aliphatic heterocycles. The number of benzene rings is 2. The molecular weight excluding hydrogens is 308 g/mol. The summed E-state index contributed by atoms with van der Waals surface area (Å²) in [5, 5.41) is 1.80. The van der Waals surface area contributed by atoms with E-state index in [1.54, 1.807) is 0 Å². The van der Waals surface area contributed by atoms with Gasteiger partial charge in [0.1, 0.15) is 0 Å². The Morgan fingerprint density at radius 2 is 1.89 bits per heavy atom. The van der Waals surface area contributed by atoms with Gasteiger partial charge in [-0.3, -0.25) is 0 Å². The Balaban J connectivity index is 2.23. The van der Waals surface area contributed by atoms with Crippen LogP contribution in [0.1, 0.15) is 22.6 Å². The van der Waals surface area contributed by atoms with Crippen LogP contribution in [0, 0.1) is 6.92 Å². The summed E-state index contributed by atoms with van der Waals surface area (Å²) in [4.78, 5) is 0. The molecular formula is C16H16BrCl. The van der Waals surface area contributed by atoms with E-state index in [-0.39, 0.29) is 0 Å². The topological polar surface area (TPSA) is 0 Å². The number of alkyl halides is 1. The monoisotopic (exact) mass is 322 g/mol. The van der Waals surface area contributed by atoms with Crippen molar-refractivity contribution < 1.29 is 0 Å². The van der Waals surface area contributed by atoms with E-state index in [0.29, 0.717) is 5.92 Å². The Labute approximate surface area is 122 Å². The van der Waals surface area contributed by atoms with E-state index in [4.69, 9.17) is 11.6 Å². The third-order valence-corrected chi connectivity index (χ3v) is 4.27. The molecule has 0 saturated carbocycles. The highest BCUT2D eigenvalue weighted by Crippen LogP contribution is 2.27. The molecule has 0 aliphatic rings. The summed E-state index contributed by atoms with van der Waals surface area (Å²) in [7, 11) is 0. The van der Waals surface area contributed by atoms with Gasteiger partial charge in [0, 0.05) is 10.4 Å². The zero-order chi connectivity index (χ0) is 13.0. The fourth-order valence-corrected chi connectivity index (χ4v) is 2.93. The van der Waals surface area contributed by atoms with Crippen LogP contribution in [0.25, 0.3) is 0 Å². The summed E-state index contributed by atoms with van der Waals surface area (Å²) in [5.74, 6) is 0.463. The minimum Gasteiger partial charge on any atom is -0.0921 e. The Kier molecular flexibility index (Phi) is 4.85. The molecule has 18 heavy (non-hydrogen) atoms. The van der Waals surface area contributed by atoms with Gasteiger partial charge in [-0.2, -0.15) is 0 Å². The van der Waals surface area contributed by atoms with Gasteiger partial charge >= 0.3 is 0 Å². The number of hydrogen-bond donors (Lipinski definition) is 0. The third-order valence-electron chi connectivity index (χ3n) is 3.12. The first-order valence-electron chi connectivity index (χ1n) is 6.06. The largest absolute Gasteiger partial charge is 0.0921 e. The van der Waals surface area contributed by atoms with E-state index >= 15 is 0 Å². The van der Waals surface area contributed by atoms with Gasteiger partial charge in [0.2, 0.25) is 0 Å². The molecule has 0 nitrogen and oxygen atoms in total. The van der Waals surface area contributed by atoms with E-state index in [9.17, 15) is 0 Å². The average molecular weight is 324 g/mol. The first-order chi connectivity index (χ1) is 8.70. The van der Waals surface area contributed by atoms with Gasteiger partial charge in [0.25, 0.3) is 0 Å². The van der Waals surface area contributed by atoms with E-state index in [2.05, 4.69) is 53.2 Å². The molecule has 0 saturated heterocycles. The van der Waals surface area contributed by atoms with E-state index < -0.39 is 0 Å². The van der Waals surface area contributed by atoms with E-state index in [0.717, 1.165) is 16.8 Å². The number of aryl methyl sites for hydroxylation is 1. The quantitative estimate of drug-likeness (QED) is 0.664. The molecule has 0 bridgehead atoms. The number of rotatable bonds is 4. The highest BCUT2D eigenvalue weighted by atomic mass is 79.9. The predicted octanol–water partition coefficient (Wildman–Crippen LogP) is 5.37. The highest BCUT2D eigenvalue weighted by Gasteiger charge is 2.12. The second-order valence-electron chi connectivity index (χ2n) is 4.56. The van der Waals surface area contributed by atoms with Crippen molar-refractivity contribution in [2.24, 2.45) is 0 Å². The summed E-state index contributed by atoms with van der Waals surface area (Å²) >= 11 is 9.84. The fraction of sp³-hybridized carbons (Fsp3) is 0.250. The van der Waals surface area contributed by atoms with Crippen molar-refractivity contribution in [3.63, 3.8) is 0 Å². The molecule has 1 unspecified atom stereocenters. The maximum Gasteiger partial charge on any atom is 0.0438 e. The lowest BCUT2D eigenvalue weighted by Crippen LogP contribution is -2.05. The van der Waals surface area contributed by atoms with Crippen LogP contribution in [0.4, 0.5) is 0 Å². The predicted molar refractivity (Wildman–Crippen MR) is 82.9 cm³/mol. The van der Waals surface area contributed by atoms with Gasteiger partial charge in [-0.25, -0.2) is 0 Å². The van der Waals surface area contributed by atoms with Crippen molar-refractivity contribution in [3.8, 4) is 0 Å². The first kappa shape index (κ1) is 13.6. The van der Waals surface area contributed by atoms with Crippen LogP contribution >= 0.6 is 27.5 Å². The molecule has 2 heteroatoms. The summed E-state index contributed by atoms with van der Waals surface area (Å²) in [5.41, 5.74) is 3.88. The minimum absolute atomic E-state index is 0.463. The summed E-state index contributed by atoms with van der Waals surface area (Å²) in [6.45, 7) is 2.13. The molecule has 1 atom stereocenters. The first-order valence-corrected chi connectivity index (χ1v) is 7.56. The molecule has 2 rings (SSSR count). The van der Waals surface area contributed by atoms with Gasteiger partial charge < -0.3 is 0 Å². The number of halogens is 2. The Morgan fingerprint density at radius 1 is 1.11 bits per heavy atom. The van der Waals surface area contributed by atoms with Gasteiger partial charge in [0.15, 0.2) is 0 Å². The lowest BCUT2D eigenvalue weighted by molar-refractivity contribution is 0.775. The van der Waals surface area contributed by atoms with Crippen molar-refractivity contribution in [1.29, 1.82) is 0 Å². The van der Waals surface area contributed by atoms with Crippen LogP contribution in [-0.2, 0) is 6.42 Å². The van der Waals surface area contributed by atoms with Gasteiger partial charge in [-0.1, -0.05) is 75.6 Å². The fourth-order valence-electron chi connectivity index (χ4n) is 2.11. The average Bonchev–Trinajstić information content (AvgIpc) is 2.38. The summed E-state index contributed by atoms with van der Waals surface area (Å²) in [6.07, 6.45) is 0.967. The maximum absolute atomic E-state index is 6.23. The summed E-state index contributed by atoms with van der Waals surface area (Å²) in [6, 6.07) is 16.8. The standard InChI is InChI=1S/C16H16BrCl/c1-12-5-4-7-13(9-12)15(11-17)10-14-6-2-3-8-16(14)18/h2-9,15H,10-11H2,1H3. The molecule has 94 valence electrons. The van der Waals surface area contributed by atoms with Crippen LogP contribution in [-0.4, -0.2) is 5.33 Å². The van der Waals surface area contributed by atoms with Crippen LogP contribution in [0.2, 0.25) is 5.02 Å². The van der Waals surface area contributed by atoms with Crippen molar-refractivity contribution in [2.75, 3.05) is 5.33 Å². The van der Waals surface area contributed by atoms with Gasteiger partial charge in [0.05, 0.1) is 0 Å². The second-order valence-corrected chi connectivity index (χ2v) is 5.62. The van der Waals surface area contributed by atoms with Crippen LogP contribution < -0.4 is 0 Å². The highest BCUT2D eigenvalue weighted by molar-refractivity contribution is 9.09. The molecule has 0 aromatic heterocycles. The van der Waals surface area contributed by atoms with E-state index in [1.165, 1.54) is 16.7 Å². The van der Waals surface area contributed by atoms with Crippen molar-refractivity contribution in [3.05, 3.63) is 70.2 Å². The Morgan fingerprint density at radius 3 is 2.56 bits per heavy atom. The molecule has 0 fully saturated rings. The van der Waals surface area contributed by atoms with Crippen LogP contribution in [0.3, 0.4) is 0 Å². The lowest BCUT2D eigenvalue weighted by atomic mass is 9.93. The van der Waals surface area contributed by atoms with Crippen LogP contribution in [0.15, 0.2) is 48.5 Å². The molecule has 0 heterocycles. The maximum atomic E-state index is 6.23. The SMILES string of the molecule is Cc1cccc(C(CBr)Cc2ccccc2Cl)c1. The molecule has 0 N–H and O–H groups in total. The molecule has 2 aromatic carbocycles. The van der Waals surface area contributed by atoms with Crippen molar-refractivity contribution in [1.82, 2.24) is 0 Å². The van der Waals surface area contributed by atoms with Gasteiger partial charge in [-0.05, 0) is 36.5 Å². The van der Waals surface area contributed by atoms with Crippen LogP contribution in [0.5, 0.6) is 0 Å². The smallest absolute Gasteiger partial charge is 0.0438 e. The Hall–Kier alpha value is -0.790. The Bertz CT molecular complexity index is 522. The van der Waals surface area contributed by atoms with Crippen molar-refractivity contribution >= 4 is 27.5 Å². The second kappa shape index (κ2) is 6.40. The summed E-state index contributed by atoms with van der Waals surface area (Å²) < 4.78 is 0. The molecule has 0 radical (unpaired) electrons. The lowest BCUT2D eigenvalue weighted by Gasteiger charge is -2.16. The molecule has 0 spiro atoms. The van der Waals surface area contributed by atoms with Gasteiger partial charge in [-0.15, -0.1) is 0 Å². The zero-order valence-corrected chi connectivity index (χ0v) is 12.7. The number of hydrogen-bond acceptors (Lipinski definition) is 0. The van der Waals surface area contributed by atoms with E-state index in [1.807, 2.05) is 18.2 Å². The zero-order valence-electron chi connectivity index (χ0n) is 10.4. The third kappa shape index (κ3) is 3.37. The molecule has 2 aromatic rings. The molecule has 0 amide bonds. The van der Waals surface area contributed by atoms with Crippen molar-refractivity contribution in [2.45, 2.75) is 19.3 Å². The minimum atomic E-state index is 0.463.